The van der Waals surface area contributed by atoms with Gasteiger partial charge >= 0.3 is 0 Å². The normalized spacial score (nSPS) is 15.4. The van der Waals surface area contributed by atoms with E-state index in [4.69, 9.17) is 16.9 Å². The van der Waals surface area contributed by atoms with Gasteiger partial charge in [0.05, 0.1) is 16.7 Å². The summed E-state index contributed by atoms with van der Waals surface area (Å²) in [5, 5.41) is 14.8. The highest BCUT2D eigenvalue weighted by atomic mass is 35.5. The van der Waals surface area contributed by atoms with Crippen LogP contribution in [0.3, 0.4) is 0 Å². The maximum atomic E-state index is 12.3. The fraction of sp³-hybridized carbons (Fsp3) is 0.471. The van der Waals surface area contributed by atoms with E-state index in [9.17, 15) is 9.59 Å². The molecule has 0 saturated heterocycles. The zero-order chi connectivity index (χ0) is 17.3. The van der Waals surface area contributed by atoms with Gasteiger partial charge in [-0.2, -0.15) is 5.26 Å². The summed E-state index contributed by atoms with van der Waals surface area (Å²) >= 11 is 6.07. The van der Waals surface area contributed by atoms with Gasteiger partial charge in [0.15, 0.2) is 0 Å². The van der Waals surface area contributed by atoms with Crippen LogP contribution >= 0.6 is 11.6 Å². The van der Waals surface area contributed by atoms with Crippen molar-refractivity contribution >= 4 is 29.1 Å². The van der Waals surface area contributed by atoms with Crippen LogP contribution in [0.25, 0.3) is 0 Å². The molecule has 1 aliphatic carbocycles. The second-order valence-corrected chi connectivity index (χ2v) is 7.54. The number of hydrogen-bond acceptors (Lipinski definition) is 3. The number of rotatable bonds is 4. The lowest BCUT2D eigenvalue weighted by Crippen LogP contribution is -2.35. The quantitative estimate of drug-likeness (QED) is 0.884. The van der Waals surface area contributed by atoms with Crippen LogP contribution < -0.4 is 10.6 Å². The van der Waals surface area contributed by atoms with Crippen LogP contribution in [-0.2, 0) is 4.79 Å². The molecule has 5 nitrogen and oxygen atoms in total. The second kappa shape index (κ2) is 6.21. The van der Waals surface area contributed by atoms with Crippen LogP contribution in [0.15, 0.2) is 18.2 Å². The van der Waals surface area contributed by atoms with Gasteiger partial charge in [0.1, 0.15) is 5.54 Å². The highest BCUT2D eigenvalue weighted by Gasteiger charge is 2.44. The number of halogens is 1. The van der Waals surface area contributed by atoms with Gasteiger partial charge in [-0.15, -0.1) is 0 Å². The molecule has 2 amide bonds. The number of amides is 2. The van der Waals surface area contributed by atoms with Crippen molar-refractivity contribution < 1.29 is 9.59 Å². The number of carbonyl (C=O) groups excluding carboxylic acids is 2. The summed E-state index contributed by atoms with van der Waals surface area (Å²) in [4.78, 5) is 24.3. The van der Waals surface area contributed by atoms with E-state index in [2.05, 4.69) is 16.7 Å². The first-order chi connectivity index (χ1) is 10.6. The minimum absolute atomic E-state index is 0.123. The molecular weight excluding hydrogens is 314 g/mol. The van der Waals surface area contributed by atoms with Crippen molar-refractivity contribution in [3.8, 4) is 6.07 Å². The Hall–Kier alpha value is -2.06. The number of hydrogen-bond donors (Lipinski definition) is 2. The number of nitrogens with zero attached hydrogens (tertiary/aromatic N) is 1. The largest absolute Gasteiger partial charge is 0.334 e. The predicted octanol–water partition coefficient (Wildman–Crippen LogP) is 3.50. The van der Waals surface area contributed by atoms with E-state index in [1.165, 1.54) is 6.07 Å². The van der Waals surface area contributed by atoms with Crippen LogP contribution in [0.2, 0.25) is 5.02 Å². The topological polar surface area (TPSA) is 82.0 Å². The van der Waals surface area contributed by atoms with Gasteiger partial charge in [0.25, 0.3) is 5.91 Å². The first-order valence-electron chi connectivity index (χ1n) is 7.47. The Balaban J connectivity index is 2.11. The number of carbonyl (C=O) groups is 2. The molecule has 0 radical (unpaired) electrons. The van der Waals surface area contributed by atoms with E-state index in [1.54, 1.807) is 12.1 Å². The molecule has 0 heterocycles. The molecule has 2 rings (SSSR count). The number of anilines is 1. The molecule has 1 aromatic rings. The maximum Gasteiger partial charge on any atom is 0.254 e. The van der Waals surface area contributed by atoms with Gasteiger partial charge in [-0.3, -0.25) is 9.59 Å². The zero-order valence-corrected chi connectivity index (χ0v) is 14.3. The molecule has 0 unspecified atom stereocenters. The third kappa shape index (κ3) is 4.70. The van der Waals surface area contributed by atoms with Crippen molar-refractivity contribution in [2.24, 2.45) is 5.41 Å². The SMILES string of the molecule is CC(C)(C)CC(=O)Nc1ccc(Cl)c(C(=O)NC2(C#N)CC2)c1. The highest BCUT2D eigenvalue weighted by molar-refractivity contribution is 6.34. The maximum absolute atomic E-state index is 12.3. The Morgan fingerprint density at radius 2 is 2.00 bits per heavy atom. The monoisotopic (exact) mass is 333 g/mol. The van der Waals surface area contributed by atoms with E-state index < -0.39 is 11.4 Å². The molecule has 122 valence electrons. The molecule has 0 atom stereocenters. The fourth-order valence-corrected chi connectivity index (χ4v) is 2.34. The Kier molecular flexibility index (Phi) is 4.67. The lowest BCUT2D eigenvalue weighted by molar-refractivity contribution is -0.117. The number of nitrogens with one attached hydrogen (secondary N) is 2. The lowest BCUT2D eigenvalue weighted by Gasteiger charge is -2.17. The van der Waals surface area contributed by atoms with Crippen LogP contribution in [0.1, 0.15) is 50.4 Å². The number of nitriles is 1. The summed E-state index contributed by atoms with van der Waals surface area (Å²) in [6.07, 6.45) is 1.67. The van der Waals surface area contributed by atoms with E-state index in [0.29, 0.717) is 24.9 Å². The van der Waals surface area contributed by atoms with Crippen LogP contribution in [-0.4, -0.2) is 17.4 Å². The summed E-state index contributed by atoms with van der Waals surface area (Å²) in [5.41, 5.74) is -0.120. The van der Waals surface area contributed by atoms with E-state index >= 15 is 0 Å². The smallest absolute Gasteiger partial charge is 0.254 e. The third-order valence-corrected chi connectivity index (χ3v) is 3.83. The molecule has 1 fully saturated rings. The van der Waals surface area contributed by atoms with E-state index in [1.807, 2.05) is 20.8 Å². The molecule has 0 aliphatic heterocycles. The predicted molar refractivity (Wildman–Crippen MR) is 89.2 cm³/mol. The number of benzene rings is 1. The zero-order valence-electron chi connectivity index (χ0n) is 13.5. The van der Waals surface area contributed by atoms with Crippen molar-refractivity contribution in [1.82, 2.24) is 5.32 Å². The average molecular weight is 334 g/mol. The lowest BCUT2D eigenvalue weighted by atomic mass is 9.92. The summed E-state index contributed by atoms with van der Waals surface area (Å²) < 4.78 is 0. The fourth-order valence-electron chi connectivity index (χ4n) is 2.14. The average Bonchev–Trinajstić information content (AvgIpc) is 3.19. The Morgan fingerprint density at radius 3 is 2.52 bits per heavy atom. The third-order valence-electron chi connectivity index (χ3n) is 3.50. The minimum atomic E-state index is -0.758. The molecule has 23 heavy (non-hydrogen) atoms. The van der Waals surface area contributed by atoms with Crippen LogP contribution in [0.4, 0.5) is 5.69 Å². The Bertz CT molecular complexity index is 682. The Morgan fingerprint density at radius 1 is 1.35 bits per heavy atom. The molecule has 1 aliphatic rings. The van der Waals surface area contributed by atoms with E-state index in [0.717, 1.165) is 0 Å². The second-order valence-electron chi connectivity index (χ2n) is 7.13. The molecule has 1 aromatic carbocycles. The first kappa shape index (κ1) is 17.3. The van der Waals surface area contributed by atoms with Gasteiger partial charge in [-0.25, -0.2) is 0 Å². The van der Waals surface area contributed by atoms with Crippen LogP contribution in [0.5, 0.6) is 0 Å². The van der Waals surface area contributed by atoms with Gasteiger partial charge in [0.2, 0.25) is 5.91 Å². The van der Waals surface area contributed by atoms with Crippen molar-refractivity contribution in [3.63, 3.8) is 0 Å². The molecule has 2 N–H and O–H groups in total. The summed E-state index contributed by atoms with van der Waals surface area (Å²) in [6.45, 7) is 5.93. The summed E-state index contributed by atoms with van der Waals surface area (Å²) in [5.74, 6) is -0.525. The Labute approximate surface area is 141 Å². The van der Waals surface area contributed by atoms with Gasteiger partial charge < -0.3 is 10.6 Å². The van der Waals surface area contributed by atoms with Crippen molar-refractivity contribution in [2.45, 2.75) is 45.6 Å². The summed E-state index contributed by atoms with van der Waals surface area (Å²) in [6, 6.07) is 6.85. The first-order valence-corrected chi connectivity index (χ1v) is 7.85. The van der Waals surface area contributed by atoms with Gasteiger partial charge in [-0.05, 0) is 36.5 Å². The molecule has 0 spiro atoms. The molecular formula is C17H20ClN3O2. The van der Waals surface area contributed by atoms with Crippen molar-refractivity contribution in [1.29, 1.82) is 5.26 Å². The highest BCUT2D eigenvalue weighted by Crippen LogP contribution is 2.35. The molecule has 6 heteroatoms. The van der Waals surface area contributed by atoms with Gasteiger partial charge in [0, 0.05) is 12.1 Å². The van der Waals surface area contributed by atoms with Crippen LogP contribution in [0, 0.1) is 16.7 Å². The molecule has 1 saturated carbocycles. The summed E-state index contributed by atoms with van der Waals surface area (Å²) in [7, 11) is 0. The standard InChI is InChI=1S/C17H20ClN3O2/c1-16(2,3)9-14(22)20-11-4-5-13(18)12(8-11)15(23)21-17(10-19)6-7-17/h4-5,8H,6-7,9H2,1-3H3,(H,20,22)(H,21,23). The van der Waals surface area contributed by atoms with Gasteiger partial charge in [-0.1, -0.05) is 32.4 Å². The van der Waals surface area contributed by atoms with Crippen molar-refractivity contribution in [2.75, 3.05) is 5.32 Å². The minimum Gasteiger partial charge on any atom is -0.334 e. The van der Waals surface area contributed by atoms with E-state index in [-0.39, 0.29) is 21.9 Å². The molecule has 0 bridgehead atoms. The van der Waals surface area contributed by atoms with Crippen molar-refractivity contribution in [3.05, 3.63) is 28.8 Å². The molecule has 0 aromatic heterocycles.